The molecule has 0 atom stereocenters. The Morgan fingerprint density at radius 1 is 1.00 bits per heavy atom. The largest absolute Gasteiger partial charge is 0.421 e. The van der Waals surface area contributed by atoms with Crippen molar-refractivity contribution in [1.29, 1.82) is 0 Å². The van der Waals surface area contributed by atoms with Gasteiger partial charge in [0, 0.05) is 0 Å². The van der Waals surface area contributed by atoms with Crippen molar-refractivity contribution in [3.8, 4) is 0 Å². The van der Waals surface area contributed by atoms with Crippen LogP contribution in [-0.2, 0) is 15.6 Å². The standard InChI is InChI=1S/C15H12N2O5S/c18-14-11-7-4-8-12(13(11)16-15(19)17(14)20)23(21,22)9-10-5-2-1-3-6-10/h1-8,20H,9H2,(H,16,19). The molecule has 0 saturated heterocycles. The minimum absolute atomic E-state index is 0.0822. The van der Waals surface area contributed by atoms with E-state index in [-0.39, 0.29) is 26.3 Å². The molecule has 0 unspecified atom stereocenters. The first-order valence-electron chi connectivity index (χ1n) is 6.64. The second-order valence-electron chi connectivity index (χ2n) is 4.97. The summed E-state index contributed by atoms with van der Waals surface area (Å²) in [7, 11) is -3.79. The molecule has 0 bridgehead atoms. The topological polar surface area (TPSA) is 109 Å². The van der Waals surface area contributed by atoms with Gasteiger partial charge >= 0.3 is 5.69 Å². The number of benzene rings is 2. The van der Waals surface area contributed by atoms with Crippen molar-refractivity contribution in [2.45, 2.75) is 10.6 Å². The normalized spacial score (nSPS) is 11.7. The van der Waals surface area contributed by atoms with Gasteiger partial charge in [-0.2, -0.15) is 0 Å². The molecule has 0 saturated carbocycles. The Morgan fingerprint density at radius 2 is 1.70 bits per heavy atom. The summed E-state index contributed by atoms with van der Waals surface area (Å²) in [6, 6.07) is 12.6. The Bertz CT molecular complexity index is 1100. The summed E-state index contributed by atoms with van der Waals surface area (Å²) >= 11 is 0. The SMILES string of the molecule is O=c1[nH]c2c(S(=O)(=O)Cc3ccccc3)cccc2c(=O)n1O. The Morgan fingerprint density at radius 3 is 2.39 bits per heavy atom. The highest BCUT2D eigenvalue weighted by Crippen LogP contribution is 2.22. The molecule has 23 heavy (non-hydrogen) atoms. The number of aromatic amines is 1. The monoisotopic (exact) mass is 332 g/mol. The molecule has 0 radical (unpaired) electrons. The first-order chi connectivity index (χ1) is 10.9. The van der Waals surface area contributed by atoms with Gasteiger partial charge in [0.25, 0.3) is 5.56 Å². The highest BCUT2D eigenvalue weighted by Gasteiger charge is 2.20. The van der Waals surface area contributed by atoms with Crippen molar-refractivity contribution in [3.05, 3.63) is 74.9 Å². The molecule has 118 valence electrons. The van der Waals surface area contributed by atoms with Crippen molar-refractivity contribution in [1.82, 2.24) is 9.71 Å². The molecule has 0 spiro atoms. The fraction of sp³-hybridized carbons (Fsp3) is 0.0667. The molecule has 0 aliphatic heterocycles. The third-order valence-corrected chi connectivity index (χ3v) is 5.13. The van der Waals surface area contributed by atoms with Crippen molar-refractivity contribution in [2.24, 2.45) is 0 Å². The molecule has 0 amide bonds. The molecule has 0 aliphatic rings. The van der Waals surface area contributed by atoms with E-state index in [0.717, 1.165) is 0 Å². The predicted octanol–water partition coefficient (Wildman–Crippen LogP) is 0.901. The second kappa shape index (κ2) is 5.40. The van der Waals surface area contributed by atoms with Crippen LogP contribution in [0.25, 0.3) is 10.9 Å². The van der Waals surface area contributed by atoms with Gasteiger partial charge in [-0.25, -0.2) is 13.2 Å². The summed E-state index contributed by atoms with van der Waals surface area (Å²) in [4.78, 5) is 25.5. The van der Waals surface area contributed by atoms with E-state index in [1.165, 1.54) is 18.2 Å². The number of sulfone groups is 1. The van der Waals surface area contributed by atoms with Gasteiger partial charge in [0.05, 0.1) is 21.6 Å². The van der Waals surface area contributed by atoms with Gasteiger partial charge in [-0.05, 0) is 17.7 Å². The van der Waals surface area contributed by atoms with Gasteiger partial charge in [-0.15, -0.1) is 0 Å². The number of aromatic nitrogens is 2. The van der Waals surface area contributed by atoms with Crippen LogP contribution >= 0.6 is 0 Å². The van der Waals surface area contributed by atoms with Crippen LogP contribution in [0.2, 0.25) is 0 Å². The molecule has 0 aliphatic carbocycles. The maximum absolute atomic E-state index is 12.6. The van der Waals surface area contributed by atoms with Crippen LogP contribution < -0.4 is 11.2 Å². The molecular weight excluding hydrogens is 320 g/mol. The molecule has 1 aromatic heterocycles. The van der Waals surface area contributed by atoms with Crippen LogP contribution in [0.15, 0.2) is 63.0 Å². The quantitative estimate of drug-likeness (QED) is 0.693. The average Bonchev–Trinajstić information content (AvgIpc) is 2.53. The number of nitrogens with one attached hydrogen (secondary N) is 1. The number of hydrogen-bond donors (Lipinski definition) is 2. The maximum Gasteiger partial charge on any atom is 0.362 e. The van der Waals surface area contributed by atoms with E-state index in [4.69, 9.17) is 0 Å². The minimum Gasteiger partial charge on any atom is -0.421 e. The van der Waals surface area contributed by atoms with E-state index in [0.29, 0.717) is 5.56 Å². The molecule has 3 aromatic rings. The molecule has 3 rings (SSSR count). The fourth-order valence-corrected chi connectivity index (χ4v) is 3.88. The van der Waals surface area contributed by atoms with Crippen LogP contribution in [0.4, 0.5) is 0 Å². The van der Waals surface area contributed by atoms with Crippen molar-refractivity contribution >= 4 is 20.7 Å². The molecule has 7 nitrogen and oxygen atoms in total. The summed E-state index contributed by atoms with van der Waals surface area (Å²) in [5, 5.41) is 9.26. The number of hydrogen-bond acceptors (Lipinski definition) is 5. The zero-order valence-electron chi connectivity index (χ0n) is 11.8. The lowest BCUT2D eigenvalue weighted by molar-refractivity contribution is 0.162. The number of fused-ring (bicyclic) bond motifs is 1. The lowest BCUT2D eigenvalue weighted by Gasteiger charge is -2.08. The highest BCUT2D eigenvalue weighted by atomic mass is 32.2. The fourth-order valence-electron chi connectivity index (χ4n) is 2.34. The van der Waals surface area contributed by atoms with Gasteiger partial charge in [0.2, 0.25) is 0 Å². The first kappa shape index (κ1) is 15.0. The number of H-pyrrole nitrogens is 1. The smallest absolute Gasteiger partial charge is 0.362 e. The molecule has 8 heteroatoms. The number of para-hydroxylation sites is 1. The highest BCUT2D eigenvalue weighted by molar-refractivity contribution is 7.90. The predicted molar refractivity (Wildman–Crippen MR) is 83.3 cm³/mol. The van der Waals surface area contributed by atoms with E-state index < -0.39 is 21.1 Å². The summed E-state index contributed by atoms with van der Waals surface area (Å²) < 4.78 is 25.2. The maximum atomic E-state index is 12.6. The van der Waals surface area contributed by atoms with Crippen LogP contribution in [0.5, 0.6) is 0 Å². The first-order valence-corrected chi connectivity index (χ1v) is 8.29. The van der Waals surface area contributed by atoms with Crippen LogP contribution in [-0.4, -0.2) is 23.3 Å². The second-order valence-corrected chi connectivity index (χ2v) is 6.93. The molecule has 1 heterocycles. The Hall–Kier alpha value is -2.87. The Kier molecular flexibility index (Phi) is 3.53. The lowest BCUT2D eigenvalue weighted by atomic mass is 10.2. The summed E-state index contributed by atoms with van der Waals surface area (Å²) in [6.45, 7) is 0. The van der Waals surface area contributed by atoms with Crippen molar-refractivity contribution in [2.75, 3.05) is 0 Å². The van der Waals surface area contributed by atoms with E-state index in [9.17, 15) is 23.2 Å². The van der Waals surface area contributed by atoms with Crippen molar-refractivity contribution in [3.63, 3.8) is 0 Å². The number of nitrogens with zero attached hydrogens (tertiary/aromatic N) is 1. The summed E-state index contributed by atoms with van der Waals surface area (Å²) in [5.74, 6) is -0.267. The summed E-state index contributed by atoms with van der Waals surface area (Å²) in [5.41, 5.74) is -1.59. The third kappa shape index (κ3) is 2.64. The van der Waals surface area contributed by atoms with Gasteiger partial charge in [0.15, 0.2) is 9.84 Å². The molecule has 2 aromatic carbocycles. The van der Waals surface area contributed by atoms with E-state index in [1.54, 1.807) is 30.3 Å². The van der Waals surface area contributed by atoms with Gasteiger partial charge in [-0.1, -0.05) is 41.1 Å². The lowest BCUT2D eigenvalue weighted by Crippen LogP contribution is -2.33. The van der Waals surface area contributed by atoms with E-state index >= 15 is 0 Å². The zero-order chi connectivity index (χ0) is 16.6. The Labute approximate surface area is 130 Å². The Balaban J connectivity index is 2.24. The van der Waals surface area contributed by atoms with Gasteiger partial charge < -0.3 is 10.2 Å². The minimum atomic E-state index is -3.79. The number of rotatable bonds is 3. The third-order valence-electron chi connectivity index (χ3n) is 3.41. The van der Waals surface area contributed by atoms with Gasteiger partial charge in [0.1, 0.15) is 0 Å². The van der Waals surface area contributed by atoms with Crippen LogP contribution in [0.1, 0.15) is 5.56 Å². The van der Waals surface area contributed by atoms with Crippen LogP contribution in [0.3, 0.4) is 0 Å². The van der Waals surface area contributed by atoms with Crippen LogP contribution in [0, 0.1) is 0 Å². The van der Waals surface area contributed by atoms with E-state index in [2.05, 4.69) is 4.98 Å². The summed E-state index contributed by atoms with van der Waals surface area (Å²) in [6.07, 6.45) is 0. The van der Waals surface area contributed by atoms with E-state index in [1.807, 2.05) is 0 Å². The zero-order valence-corrected chi connectivity index (χ0v) is 12.6. The van der Waals surface area contributed by atoms with Gasteiger partial charge in [-0.3, -0.25) is 4.79 Å². The molecule has 2 N–H and O–H groups in total. The van der Waals surface area contributed by atoms with Crippen molar-refractivity contribution < 1.29 is 13.6 Å². The molecular formula is C15H12N2O5S. The average molecular weight is 332 g/mol. The molecule has 0 fully saturated rings.